The highest BCUT2D eigenvalue weighted by molar-refractivity contribution is 8.00. The van der Waals surface area contributed by atoms with Crippen LogP contribution in [0.2, 0.25) is 0 Å². The van der Waals surface area contributed by atoms with Crippen LogP contribution in [-0.2, 0) is 18.4 Å². The molecule has 26 heavy (non-hydrogen) atoms. The summed E-state index contributed by atoms with van der Waals surface area (Å²) in [7, 11) is 3.55. The summed E-state index contributed by atoms with van der Waals surface area (Å²) >= 11 is 3.02. The minimum atomic E-state index is -0.271. The van der Waals surface area contributed by atoms with Crippen LogP contribution in [0.5, 0.6) is 5.75 Å². The Morgan fingerprint density at radius 1 is 1.31 bits per heavy atom. The second kappa shape index (κ2) is 8.37. The molecule has 0 saturated carbocycles. The third-order valence-electron chi connectivity index (χ3n) is 3.85. The van der Waals surface area contributed by atoms with E-state index in [2.05, 4.69) is 15.5 Å². The predicted octanol–water partition coefficient (Wildman–Crippen LogP) is 3.35. The van der Waals surface area contributed by atoms with E-state index >= 15 is 0 Å². The average molecular weight is 389 g/mol. The van der Waals surface area contributed by atoms with E-state index < -0.39 is 0 Å². The maximum absolute atomic E-state index is 12.4. The number of nitrogens with zero attached hydrogens (tertiary/aromatic N) is 3. The fourth-order valence-corrected chi connectivity index (χ4v) is 3.91. The molecule has 8 heteroatoms. The van der Waals surface area contributed by atoms with Gasteiger partial charge in [-0.3, -0.25) is 4.79 Å². The summed E-state index contributed by atoms with van der Waals surface area (Å²) in [5.41, 5.74) is 1.02. The largest absolute Gasteiger partial charge is 0.497 e. The molecule has 2 aromatic heterocycles. The van der Waals surface area contributed by atoms with E-state index in [-0.39, 0.29) is 11.2 Å². The first-order valence-electron chi connectivity index (χ1n) is 8.09. The Balaban J connectivity index is 1.57. The van der Waals surface area contributed by atoms with Gasteiger partial charge in [-0.25, -0.2) is 0 Å². The fourth-order valence-electron chi connectivity index (χ4n) is 2.33. The summed E-state index contributed by atoms with van der Waals surface area (Å²) in [6, 6.07) is 11.6. The zero-order chi connectivity index (χ0) is 18.5. The highest BCUT2D eigenvalue weighted by Gasteiger charge is 2.19. The quantitative estimate of drug-likeness (QED) is 0.629. The highest BCUT2D eigenvalue weighted by Crippen LogP contribution is 2.28. The van der Waals surface area contributed by atoms with Crippen LogP contribution in [0.3, 0.4) is 0 Å². The van der Waals surface area contributed by atoms with Gasteiger partial charge in [-0.05, 0) is 36.1 Å². The van der Waals surface area contributed by atoms with Crippen LogP contribution in [0, 0.1) is 0 Å². The lowest BCUT2D eigenvalue weighted by molar-refractivity contribution is -0.120. The molecule has 2 heterocycles. The molecule has 0 bridgehead atoms. The van der Waals surface area contributed by atoms with Gasteiger partial charge in [0.2, 0.25) is 5.91 Å². The minimum Gasteiger partial charge on any atom is -0.497 e. The van der Waals surface area contributed by atoms with E-state index in [0.717, 1.165) is 27.2 Å². The lowest BCUT2D eigenvalue weighted by Crippen LogP contribution is -2.30. The van der Waals surface area contributed by atoms with E-state index in [4.69, 9.17) is 4.74 Å². The van der Waals surface area contributed by atoms with Crippen LogP contribution >= 0.6 is 23.1 Å². The monoisotopic (exact) mass is 388 g/mol. The van der Waals surface area contributed by atoms with Crippen molar-refractivity contribution in [2.75, 3.05) is 7.11 Å². The Kier molecular flexibility index (Phi) is 5.95. The Hall–Kier alpha value is -2.32. The van der Waals surface area contributed by atoms with Crippen molar-refractivity contribution >= 4 is 29.0 Å². The van der Waals surface area contributed by atoms with E-state index in [1.165, 1.54) is 11.8 Å². The maximum atomic E-state index is 12.4. The lowest BCUT2D eigenvalue weighted by Gasteiger charge is -2.12. The van der Waals surface area contributed by atoms with Crippen molar-refractivity contribution in [2.24, 2.45) is 7.05 Å². The molecule has 0 spiro atoms. The van der Waals surface area contributed by atoms with Crippen molar-refractivity contribution in [1.82, 2.24) is 20.1 Å². The first kappa shape index (κ1) is 18.5. The summed E-state index contributed by atoms with van der Waals surface area (Å²) in [6.45, 7) is 2.35. The molecule has 1 unspecified atom stereocenters. The number of methoxy groups -OCH3 is 1. The topological polar surface area (TPSA) is 69.0 Å². The predicted molar refractivity (Wildman–Crippen MR) is 104 cm³/mol. The Morgan fingerprint density at radius 2 is 2.08 bits per heavy atom. The van der Waals surface area contributed by atoms with Crippen molar-refractivity contribution in [3.05, 3.63) is 47.3 Å². The van der Waals surface area contributed by atoms with Gasteiger partial charge in [-0.1, -0.05) is 30.0 Å². The van der Waals surface area contributed by atoms with E-state index in [9.17, 15) is 4.79 Å². The molecular formula is C18H20N4O2S2. The van der Waals surface area contributed by atoms with Crippen molar-refractivity contribution in [1.29, 1.82) is 0 Å². The number of rotatable bonds is 7. The third-order valence-corrected chi connectivity index (χ3v) is 5.85. The SMILES string of the molecule is COc1ccc(CNC(=O)C(C)Sc2nnc(-c3cccs3)n2C)cc1. The van der Waals surface area contributed by atoms with Gasteiger partial charge in [0, 0.05) is 13.6 Å². The van der Waals surface area contributed by atoms with Gasteiger partial charge in [0.1, 0.15) is 5.75 Å². The van der Waals surface area contributed by atoms with Crippen LogP contribution in [0.15, 0.2) is 46.9 Å². The molecule has 1 aromatic carbocycles. The number of benzene rings is 1. The molecule has 0 saturated heterocycles. The normalized spacial score (nSPS) is 12.0. The summed E-state index contributed by atoms with van der Waals surface area (Å²) in [4.78, 5) is 13.4. The summed E-state index contributed by atoms with van der Waals surface area (Å²) < 4.78 is 7.05. The number of amides is 1. The van der Waals surface area contributed by atoms with Gasteiger partial charge < -0.3 is 14.6 Å². The number of ether oxygens (including phenoxy) is 1. The molecule has 3 aromatic rings. The molecular weight excluding hydrogens is 368 g/mol. The van der Waals surface area contributed by atoms with Gasteiger partial charge >= 0.3 is 0 Å². The van der Waals surface area contributed by atoms with E-state index in [0.29, 0.717) is 6.54 Å². The van der Waals surface area contributed by atoms with Gasteiger partial charge in [0.15, 0.2) is 11.0 Å². The molecule has 1 N–H and O–H groups in total. The van der Waals surface area contributed by atoms with Gasteiger partial charge in [0.05, 0.1) is 17.2 Å². The number of hydrogen-bond donors (Lipinski definition) is 1. The van der Waals surface area contributed by atoms with E-state index in [1.807, 2.05) is 60.3 Å². The summed E-state index contributed by atoms with van der Waals surface area (Å²) in [5.74, 6) is 1.58. The molecule has 3 rings (SSSR count). The molecule has 1 amide bonds. The Labute approximate surface area is 160 Å². The zero-order valence-electron chi connectivity index (χ0n) is 14.8. The minimum absolute atomic E-state index is 0.0357. The van der Waals surface area contributed by atoms with Crippen molar-refractivity contribution in [2.45, 2.75) is 23.9 Å². The number of carbonyl (C=O) groups excluding carboxylic acids is 1. The van der Waals surface area contributed by atoms with Crippen LogP contribution in [0.4, 0.5) is 0 Å². The van der Waals surface area contributed by atoms with Crippen LogP contribution in [-0.4, -0.2) is 33.0 Å². The summed E-state index contributed by atoms with van der Waals surface area (Å²) in [6.07, 6.45) is 0. The molecule has 0 aliphatic rings. The standard InChI is InChI=1S/C18H20N4O2S2/c1-12(17(23)19-11-13-6-8-14(24-3)9-7-13)26-18-21-20-16(22(18)2)15-5-4-10-25-15/h4-10,12H,11H2,1-3H3,(H,19,23). The second-order valence-corrected chi connectivity index (χ2v) is 7.92. The summed E-state index contributed by atoms with van der Waals surface area (Å²) in [5, 5.41) is 13.9. The second-order valence-electron chi connectivity index (χ2n) is 5.67. The van der Waals surface area contributed by atoms with Crippen molar-refractivity contribution < 1.29 is 9.53 Å². The smallest absolute Gasteiger partial charge is 0.233 e. The third kappa shape index (κ3) is 4.25. The molecule has 1 atom stereocenters. The number of hydrogen-bond acceptors (Lipinski definition) is 6. The van der Waals surface area contributed by atoms with Crippen molar-refractivity contribution in [3.63, 3.8) is 0 Å². The lowest BCUT2D eigenvalue weighted by atomic mass is 10.2. The van der Waals surface area contributed by atoms with Gasteiger partial charge in [0.25, 0.3) is 0 Å². The molecule has 6 nitrogen and oxygen atoms in total. The molecule has 0 aliphatic carbocycles. The molecule has 136 valence electrons. The maximum Gasteiger partial charge on any atom is 0.233 e. The Bertz CT molecular complexity index is 860. The van der Waals surface area contributed by atoms with Crippen molar-refractivity contribution in [3.8, 4) is 16.5 Å². The number of carbonyl (C=O) groups is 1. The molecule has 0 fully saturated rings. The zero-order valence-corrected chi connectivity index (χ0v) is 16.4. The van der Waals surface area contributed by atoms with Gasteiger partial charge in [-0.15, -0.1) is 21.5 Å². The molecule has 0 aliphatic heterocycles. The fraction of sp³-hybridized carbons (Fsp3) is 0.278. The first-order chi connectivity index (χ1) is 12.6. The average Bonchev–Trinajstić information content (AvgIpc) is 3.30. The number of thioether (sulfide) groups is 1. The van der Waals surface area contributed by atoms with Crippen LogP contribution in [0.25, 0.3) is 10.7 Å². The number of aromatic nitrogens is 3. The number of nitrogens with one attached hydrogen (secondary N) is 1. The molecule has 0 radical (unpaired) electrons. The van der Waals surface area contributed by atoms with Crippen LogP contribution < -0.4 is 10.1 Å². The van der Waals surface area contributed by atoms with Crippen LogP contribution in [0.1, 0.15) is 12.5 Å². The Morgan fingerprint density at radius 3 is 2.73 bits per heavy atom. The highest BCUT2D eigenvalue weighted by atomic mass is 32.2. The first-order valence-corrected chi connectivity index (χ1v) is 9.85. The van der Waals surface area contributed by atoms with E-state index in [1.54, 1.807) is 18.4 Å². The number of thiophene rings is 1. The van der Waals surface area contributed by atoms with Gasteiger partial charge in [-0.2, -0.15) is 0 Å².